The number of hydrogen-bond donors (Lipinski definition) is 1. The second-order valence-corrected chi connectivity index (χ2v) is 6.68. The summed E-state index contributed by atoms with van der Waals surface area (Å²) in [5.74, 6) is 0.402. The zero-order chi connectivity index (χ0) is 17.5. The minimum atomic E-state index is -0.304. The molecule has 2 aromatic rings. The maximum atomic E-state index is 11.9. The van der Waals surface area contributed by atoms with Crippen LogP contribution in [-0.2, 0) is 19.6 Å². The summed E-state index contributed by atoms with van der Waals surface area (Å²) in [5, 5.41) is 9.77. The Morgan fingerprint density at radius 2 is 1.88 bits per heavy atom. The summed E-state index contributed by atoms with van der Waals surface area (Å²) in [5.41, 5.74) is 1.91. The number of rotatable bonds is 8. The van der Waals surface area contributed by atoms with Gasteiger partial charge in [0.2, 0.25) is 5.43 Å². The van der Waals surface area contributed by atoms with Gasteiger partial charge in [-0.05, 0) is 24.4 Å². The van der Waals surface area contributed by atoms with Gasteiger partial charge in [0, 0.05) is 31.4 Å². The largest absolute Gasteiger partial charge is 0.503 e. The molecule has 0 spiro atoms. The van der Waals surface area contributed by atoms with Gasteiger partial charge < -0.3 is 9.67 Å². The molecule has 0 saturated carbocycles. The molecule has 0 aliphatic heterocycles. The van der Waals surface area contributed by atoms with Gasteiger partial charge >= 0.3 is 0 Å². The van der Waals surface area contributed by atoms with Gasteiger partial charge in [0.25, 0.3) is 0 Å². The van der Waals surface area contributed by atoms with Crippen LogP contribution in [0.4, 0.5) is 0 Å². The quantitative estimate of drug-likeness (QED) is 0.805. The second-order valence-electron chi connectivity index (χ2n) is 6.68. The van der Waals surface area contributed by atoms with Gasteiger partial charge in [0.15, 0.2) is 5.75 Å². The highest BCUT2D eigenvalue weighted by atomic mass is 16.3. The number of aryl methyl sites for hydroxylation is 1. The maximum Gasteiger partial charge on any atom is 0.223 e. The fourth-order valence-corrected chi connectivity index (χ4v) is 2.69. The number of pyridine rings is 1. The molecule has 0 aliphatic carbocycles. The van der Waals surface area contributed by atoms with Gasteiger partial charge in [-0.15, -0.1) is 0 Å². The molecule has 130 valence electrons. The smallest absolute Gasteiger partial charge is 0.223 e. The highest BCUT2D eigenvalue weighted by Gasteiger charge is 2.11. The first kappa shape index (κ1) is 18.3. The molecule has 0 saturated heterocycles. The van der Waals surface area contributed by atoms with E-state index in [4.69, 9.17) is 0 Å². The van der Waals surface area contributed by atoms with E-state index < -0.39 is 0 Å². The van der Waals surface area contributed by atoms with Crippen molar-refractivity contribution in [1.82, 2.24) is 9.47 Å². The van der Waals surface area contributed by atoms with Gasteiger partial charge in [-0.3, -0.25) is 9.69 Å². The standard InChI is InChI=1S/C20H28N2O2/c1-4-21(13-17-8-6-5-7-9-17)14-18-12-19(23)20(24)15-22(18)11-10-16(2)3/h5-9,12,15-16,24H,4,10-11,13-14H2,1-3H3. The molecule has 0 radical (unpaired) electrons. The van der Waals surface area contributed by atoms with Gasteiger partial charge in [0.1, 0.15) is 0 Å². The van der Waals surface area contributed by atoms with Crippen LogP contribution >= 0.6 is 0 Å². The van der Waals surface area contributed by atoms with Crippen molar-refractivity contribution in [2.24, 2.45) is 5.92 Å². The fraction of sp³-hybridized carbons (Fsp3) is 0.450. The summed E-state index contributed by atoms with van der Waals surface area (Å²) in [4.78, 5) is 14.2. The predicted octanol–water partition coefficient (Wildman–Crippen LogP) is 3.62. The Hall–Kier alpha value is -2.07. The normalized spacial score (nSPS) is 11.4. The molecule has 1 aromatic carbocycles. The number of hydrogen-bond acceptors (Lipinski definition) is 3. The van der Waals surface area contributed by atoms with Crippen LogP contribution in [0.3, 0.4) is 0 Å². The van der Waals surface area contributed by atoms with E-state index in [-0.39, 0.29) is 11.2 Å². The van der Waals surface area contributed by atoms with Gasteiger partial charge in [-0.2, -0.15) is 0 Å². The zero-order valence-electron chi connectivity index (χ0n) is 14.9. The lowest BCUT2D eigenvalue weighted by Crippen LogP contribution is -2.26. The van der Waals surface area contributed by atoms with Crippen LogP contribution in [0.1, 0.15) is 38.4 Å². The summed E-state index contributed by atoms with van der Waals surface area (Å²) >= 11 is 0. The molecule has 2 rings (SSSR count). The van der Waals surface area contributed by atoms with E-state index >= 15 is 0 Å². The van der Waals surface area contributed by atoms with Crippen molar-refractivity contribution in [3.8, 4) is 5.75 Å². The minimum Gasteiger partial charge on any atom is -0.503 e. The lowest BCUT2D eigenvalue weighted by atomic mass is 10.1. The first-order chi connectivity index (χ1) is 11.5. The molecular formula is C20H28N2O2. The first-order valence-corrected chi connectivity index (χ1v) is 8.68. The average Bonchev–Trinajstić information content (AvgIpc) is 2.56. The Morgan fingerprint density at radius 1 is 1.17 bits per heavy atom. The molecule has 1 heterocycles. The van der Waals surface area contributed by atoms with Crippen LogP contribution in [0.5, 0.6) is 5.75 Å². The van der Waals surface area contributed by atoms with Crippen LogP contribution in [0, 0.1) is 5.92 Å². The second kappa shape index (κ2) is 8.69. The molecule has 1 N–H and O–H groups in total. The highest BCUT2D eigenvalue weighted by Crippen LogP contribution is 2.13. The van der Waals surface area contributed by atoms with Crippen molar-refractivity contribution < 1.29 is 5.11 Å². The third kappa shape index (κ3) is 5.24. The van der Waals surface area contributed by atoms with Crippen molar-refractivity contribution in [2.75, 3.05) is 6.54 Å². The number of benzene rings is 1. The summed E-state index contributed by atoms with van der Waals surface area (Å²) < 4.78 is 2.02. The van der Waals surface area contributed by atoms with Crippen molar-refractivity contribution in [2.45, 2.75) is 46.8 Å². The van der Waals surface area contributed by atoms with Crippen molar-refractivity contribution in [3.05, 3.63) is 64.1 Å². The number of aromatic hydroxyl groups is 1. The average molecular weight is 328 g/mol. The van der Waals surface area contributed by atoms with Crippen LogP contribution in [0.25, 0.3) is 0 Å². The fourth-order valence-electron chi connectivity index (χ4n) is 2.69. The molecule has 24 heavy (non-hydrogen) atoms. The molecule has 1 aromatic heterocycles. The van der Waals surface area contributed by atoms with E-state index in [1.807, 2.05) is 22.8 Å². The van der Waals surface area contributed by atoms with Crippen LogP contribution in [0.2, 0.25) is 0 Å². The molecule has 0 aliphatic rings. The maximum absolute atomic E-state index is 11.9. The summed E-state index contributed by atoms with van der Waals surface area (Å²) in [6.07, 6.45) is 2.59. The Bertz CT molecular complexity index is 693. The zero-order valence-corrected chi connectivity index (χ0v) is 14.9. The monoisotopic (exact) mass is 328 g/mol. The van der Waals surface area contributed by atoms with Gasteiger partial charge in [-0.25, -0.2) is 0 Å². The Morgan fingerprint density at radius 3 is 2.50 bits per heavy atom. The number of aromatic nitrogens is 1. The first-order valence-electron chi connectivity index (χ1n) is 8.68. The van der Waals surface area contributed by atoms with E-state index in [0.717, 1.165) is 31.7 Å². The third-order valence-electron chi connectivity index (χ3n) is 4.23. The Labute approximate surface area is 144 Å². The van der Waals surface area contributed by atoms with Crippen molar-refractivity contribution in [1.29, 1.82) is 0 Å². The molecule has 4 heteroatoms. The van der Waals surface area contributed by atoms with E-state index in [2.05, 4.69) is 37.8 Å². The molecule has 4 nitrogen and oxygen atoms in total. The van der Waals surface area contributed by atoms with E-state index in [0.29, 0.717) is 12.5 Å². The van der Waals surface area contributed by atoms with Gasteiger partial charge in [-0.1, -0.05) is 51.1 Å². The minimum absolute atomic E-state index is 0.173. The SMILES string of the molecule is CCN(Cc1ccccc1)Cc1cc(=O)c(O)cn1CCC(C)C. The van der Waals surface area contributed by atoms with Crippen LogP contribution in [-0.4, -0.2) is 21.1 Å². The van der Waals surface area contributed by atoms with Crippen LogP contribution in [0.15, 0.2) is 47.4 Å². The van der Waals surface area contributed by atoms with Crippen LogP contribution < -0.4 is 5.43 Å². The van der Waals surface area contributed by atoms with E-state index in [9.17, 15) is 9.90 Å². The molecular weight excluding hydrogens is 300 g/mol. The highest BCUT2D eigenvalue weighted by molar-refractivity contribution is 5.21. The van der Waals surface area contributed by atoms with Crippen molar-refractivity contribution in [3.63, 3.8) is 0 Å². The molecule has 0 atom stereocenters. The van der Waals surface area contributed by atoms with Gasteiger partial charge in [0.05, 0.1) is 6.20 Å². The lowest BCUT2D eigenvalue weighted by molar-refractivity contribution is 0.261. The Kier molecular flexibility index (Phi) is 6.62. The topological polar surface area (TPSA) is 45.5 Å². The number of nitrogens with zero attached hydrogens (tertiary/aromatic N) is 2. The summed E-state index contributed by atoms with van der Waals surface area (Å²) in [6, 6.07) is 11.9. The predicted molar refractivity (Wildman–Crippen MR) is 98.1 cm³/mol. The summed E-state index contributed by atoms with van der Waals surface area (Å²) in [7, 11) is 0. The van der Waals surface area contributed by atoms with E-state index in [1.54, 1.807) is 12.3 Å². The lowest BCUT2D eigenvalue weighted by Gasteiger charge is -2.23. The molecule has 0 fully saturated rings. The Balaban J connectivity index is 2.19. The molecule has 0 bridgehead atoms. The van der Waals surface area contributed by atoms with Crippen molar-refractivity contribution >= 4 is 0 Å². The molecule has 0 amide bonds. The van der Waals surface area contributed by atoms with E-state index in [1.165, 1.54) is 5.56 Å². The summed E-state index contributed by atoms with van der Waals surface area (Å²) in [6.45, 7) is 9.72. The molecule has 0 unspecified atom stereocenters. The third-order valence-corrected chi connectivity index (χ3v) is 4.23.